The molecule has 11 heavy (non-hydrogen) atoms. The second kappa shape index (κ2) is 2.84. The molecule has 0 N–H and O–H groups in total. The van der Waals surface area contributed by atoms with E-state index in [0.29, 0.717) is 0 Å². The number of esters is 1. The monoisotopic (exact) mass is 156 g/mol. The molecular weight excluding hydrogens is 140 g/mol. The van der Waals surface area contributed by atoms with Gasteiger partial charge in [0.1, 0.15) is 6.10 Å². The molecule has 1 rings (SSSR count). The van der Waals surface area contributed by atoms with Crippen molar-refractivity contribution in [2.75, 3.05) is 0 Å². The summed E-state index contributed by atoms with van der Waals surface area (Å²) in [5.74, 6) is -0.00755. The third kappa shape index (κ3) is 1.39. The highest BCUT2D eigenvalue weighted by molar-refractivity contribution is 5.78. The van der Waals surface area contributed by atoms with Crippen molar-refractivity contribution in [3.8, 4) is 0 Å². The zero-order valence-corrected chi connectivity index (χ0v) is 7.52. The van der Waals surface area contributed by atoms with E-state index in [1.54, 1.807) is 0 Å². The lowest BCUT2D eigenvalue weighted by molar-refractivity contribution is -0.148. The summed E-state index contributed by atoms with van der Waals surface area (Å²) < 4.78 is 5.18. The van der Waals surface area contributed by atoms with Crippen LogP contribution < -0.4 is 0 Å². The summed E-state index contributed by atoms with van der Waals surface area (Å²) >= 11 is 0. The second-order valence-corrected chi connectivity index (χ2v) is 3.55. The normalized spacial score (nSPS) is 37.4. The Morgan fingerprint density at radius 1 is 1.64 bits per heavy atom. The van der Waals surface area contributed by atoms with Crippen LogP contribution in [0.3, 0.4) is 0 Å². The van der Waals surface area contributed by atoms with Gasteiger partial charge in [0, 0.05) is 6.42 Å². The number of carbonyl (C=O) groups excluding carboxylic acids is 1. The molecule has 1 heterocycles. The maximum atomic E-state index is 11.3. The van der Waals surface area contributed by atoms with Crippen LogP contribution in [0.1, 0.15) is 40.0 Å². The van der Waals surface area contributed by atoms with E-state index in [2.05, 4.69) is 6.92 Å². The Kier molecular flexibility index (Phi) is 2.21. The quantitative estimate of drug-likeness (QED) is 0.572. The van der Waals surface area contributed by atoms with Crippen molar-refractivity contribution in [1.82, 2.24) is 0 Å². The lowest BCUT2D eigenvalue weighted by Gasteiger charge is -2.14. The molecule has 64 valence electrons. The zero-order valence-electron chi connectivity index (χ0n) is 7.52. The fraction of sp³-hybridized carbons (Fsp3) is 0.889. The van der Waals surface area contributed by atoms with Gasteiger partial charge in [-0.05, 0) is 19.8 Å². The highest BCUT2D eigenvalue weighted by atomic mass is 16.6. The smallest absolute Gasteiger partial charge is 0.312 e. The van der Waals surface area contributed by atoms with Crippen LogP contribution in [0.4, 0.5) is 0 Å². The first-order valence-electron chi connectivity index (χ1n) is 4.33. The summed E-state index contributed by atoms with van der Waals surface area (Å²) in [6.07, 6.45) is 2.91. The molecule has 2 heteroatoms. The van der Waals surface area contributed by atoms with Crippen LogP contribution in [0, 0.1) is 5.41 Å². The van der Waals surface area contributed by atoms with Crippen LogP contribution in [0.15, 0.2) is 0 Å². The summed E-state index contributed by atoms with van der Waals surface area (Å²) in [5.41, 5.74) is -0.194. The van der Waals surface area contributed by atoms with Crippen LogP contribution in [-0.2, 0) is 9.53 Å². The van der Waals surface area contributed by atoms with Crippen LogP contribution in [0.5, 0.6) is 0 Å². The molecule has 0 aromatic carbocycles. The Morgan fingerprint density at radius 3 is 2.55 bits per heavy atom. The number of cyclic esters (lactones) is 1. The van der Waals surface area contributed by atoms with Gasteiger partial charge in [0.05, 0.1) is 5.41 Å². The van der Waals surface area contributed by atoms with Crippen molar-refractivity contribution >= 4 is 5.97 Å². The molecule has 0 saturated carbocycles. The molecule has 0 aromatic heterocycles. The third-order valence-electron chi connectivity index (χ3n) is 2.68. The number of carbonyl (C=O) groups is 1. The van der Waals surface area contributed by atoms with E-state index >= 15 is 0 Å². The maximum Gasteiger partial charge on any atom is 0.312 e. The van der Waals surface area contributed by atoms with Crippen LogP contribution in [0.2, 0.25) is 0 Å². The van der Waals surface area contributed by atoms with E-state index in [0.717, 1.165) is 19.3 Å². The molecule has 0 bridgehead atoms. The lowest BCUT2D eigenvalue weighted by atomic mass is 9.84. The van der Waals surface area contributed by atoms with Gasteiger partial charge >= 0.3 is 5.97 Å². The van der Waals surface area contributed by atoms with Crippen molar-refractivity contribution in [1.29, 1.82) is 0 Å². The fourth-order valence-corrected chi connectivity index (χ4v) is 1.44. The molecule has 1 aliphatic heterocycles. The van der Waals surface area contributed by atoms with E-state index in [9.17, 15) is 4.79 Å². The minimum atomic E-state index is -0.194. The SMILES string of the molecule is CCC1CC(C)(CC)C(=O)O1. The molecule has 1 saturated heterocycles. The van der Waals surface area contributed by atoms with E-state index < -0.39 is 0 Å². The number of hydrogen-bond acceptors (Lipinski definition) is 2. The molecule has 0 amide bonds. The van der Waals surface area contributed by atoms with Crippen molar-refractivity contribution in [3.63, 3.8) is 0 Å². The Hall–Kier alpha value is -0.530. The van der Waals surface area contributed by atoms with Crippen molar-refractivity contribution in [2.24, 2.45) is 5.41 Å². The summed E-state index contributed by atoms with van der Waals surface area (Å²) in [4.78, 5) is 11.3. The molecule has 1 fully saturated rings. The molecule has 0 aromatic rings. The average Bonchev–Trinajstić information content (AvgIpc) is 2.29. The first kappa shape index (κ1) is 8.57. The van der Waals surface area contributed by atoms with Crippen LogP contribution in [-0.4, -0.2) is 12.1 Å². The summed E-state index contributed by atoms with van der Waals surface area (Å²) in [6.45, 7) is 6.09. The topological polar surface area (TPSA) is 26.3 Å². The van der Waals surface area contributed by atoms with E-state index in [4.69, 9.17) is 4.74 Å². The minimum absolute atomic E-state index is 0.00755. The number of ether oxygens (including phenoxy) is 1. The summed E-state index contributed by atoms with van der Waals surface area (Å²) in [7, 11) is 0. The van der Waals surface area contributed by atoms with Gasteiger partial charge in [0.15, 0.2) is 0 Å². The average molecular weight is 156 g/mol. The molecule has 2 unspecified atom stereocenters. The largest absolute Gasteiger partial charge is 0.462 e. The van der Waals surface area contributed by atoms with Gasteiger partial charge in [-0.2, -0.15) is 0 Å². The minimum Gasteiger partial charge on any atom is -0.462 e. The lowest BCUT2D eigenvalue weighted by Crippen LogP contribution is -2.20. The fourth-order valence-electron chi connectivity index (χ4n) is 1.44. The van der Waals surface area contributed by atoms with Crippen LogP contribution >= 0.6 is 0 Å². The molecular formula is C9H16O2. The zero-order chi connectivity index (χ0) is 8.48. The Morgan fingerprint density at radius 2 is 2.27 bits per heavy atom. The van der Waals surface area contributed by atoms with Crippen molar-refractivity contribution < 1.29 is 9.53 Å². The summed E-state index contributed by atoms with van der Waals surface area (Å²) in [6, 6.07) is 0. The highest BCUT2D eigenvalue weighted by Gasteiger charge is 2.42. The number of rotatable bonds is 2. The Bertz CT molecular complexity index is 165. The predicted octanol–water partition coefficient (Wildman–Crippen LogP) is 2.13. The van der Waals surface area contributed by atoms with E-state index in [-0.39, 0.29) is 17.5 Å². The maximum absolute atomic E-state index is 11.3. The van der Waals surface area contributed by atoms with Gasteiger partial charge in [-0.1, -0.05) is 13.8 Å². The molecule has 2 atom stereocenters. The van der Waals surface area contributed by atoms with Crippen molar-refractivity contribution in [2.45, 2.75) is 46.1 Å². The van der Waals surface area contributed by atoms with Gasteiger partial charge in [0.25, 0.3) is 0 Å². The van der Waals surface area contributed by atoms with Crippen molar-refractivity contribution in [3.05, 3.63) is 0 Å². The van der Waals surface area contributed by atoms with E-state index in [1.165, 1.54) is 0 Å². The van der Waals surface area contributed by atoms with E-state index in [1.807, 2.05) is 13.8 Å². The van der Waals surface area contributed by atoms with Gasteiger partial charge in [-0.15, -0.1) is 0 Å². The Labute approximate surface area is 67.9 Å². The third-order valence-corrected chi connectivity index (χ3v) is 2.68. The highest BCUT2D eigenvalue weighted by Crippen LogP contribution is 2.37. The van der Waals surface area contributed by atoms with Gasteiger partial charge in [0.2, 0.25) is 0 Å². The molecule has 2 nitrogen and oxygen atoms in total. The molecule has 0 aliphatic carbocycles. The Balaban J connectivity index is 2.65. The molecule has 0 radical (unpaired) electrons. The van der Waals surface area contributed by atoms with Gasteiger partial charge in [-0.25, -0.2) is 0 Å². The standard InChI is InChI=1S/C9H16O2/c1-4-7-6-9(3,5-2)8(10)11-7/h7H,4-6H2,1-3H3. The molecule has 0 spiro atoms. The predicted molar refractivity (Wildman–Crippen MR) is 43.2 cm³/mol. The van der Waals surface area contributed by atoms with Crippen LogP contribution in [0.25, 0.3) is 0 Å². The number of hydrogen-bond donors (Lipinski definition) is 0. The summed E-state index contributed by atoms with van der Waals surface area (Å²) in [5, 5.41) is 0. The second-order valence-electron chi connectivity index (χ2n) is 3.55. The first-order chi connectivity index (χ1) is 5.12. The first-order valence-corrected chi connectivity index (χ1v) is 4.33. The molecule has 1 aliphatic rings. The van der Waals surface area contributed by atoms with Gasteiger partial charge < -0.3 is 4.74 Å². The van der Waals surface area contributed by atoms with Gasteiger partial charge in [-0.3, -0.25) is 4.79 Å².